The average molecular weight is 226 g/mol. The maximum Gasteiger partial charge on any atom is 0.132 e. The second-order valence-electron chi connectivity index (χ2n) is 4.59. The normalized spacial score (nSPS) is 12.4. The summed E-state index contributed by atoms with van der Waals surface area (Å²) in [6.07, 6.45) is 7.59. The zero-order valence-corrected chi connectivity index (χ0v) is 11.1. The number of carbonyl (C=O) groups is 2. The molecule has 0 heterocycles. The van der Waals surface area contributed by atoms with Crippen molar-refractivity contribution in [3.63, 3.8) is 0 Å². The minimum atomic E-state index is 0.191. The second kappa shape index (κ2) is 9.56. The highest BCUT2D eigenvalue weighted by atomic mass is 16.1. The maximum absolute atomic E-state index is 11.4. The van der Waals surface area contributed by atoms with E-state index in [1.54, 1.807) is 6.92 Å². The van der Waals surface area contributed by atoms with Crippen LogP contribution in [-0.2, 0) is 9.59 Å². The Morgan fingerprint density at radius 2 is 1.62 bits per heavy atom. The Kier molecular flexibility index (Phi) is 9.16. The van der Waals surface area contributed by atoms with Crippen molar-refractivity contribution in [2.45, 2.75) is 72.1 Å². The molecule has 1 atom stereocenters. The van der Waals surface area contributed by atoms with Crippen molar-refractivity contribution in [1.82, 2.24) is 0 Å². The van der Waals surface area contributed by atoms with Crippen molar-refractivity contribution in [2.24, 2.45) is 5.92 Å². The molecule has 0 aliphatic rings. The number of Topliss-reactive ketones (excluding diaryl/α,β-unsaturated/α-hetero) is 2. The quantitative estimate of drug-likeness (QED) is 0.529. The first-order valence-corrected chi connectivity index (χ1v) is 6.63. The molecular formula is C14H26O2. The van der Waals surface area contributed by atoms with Crippen LogP contribution >= 0.6 is 0 Å². The molecule has 0 fully saturated rings. The summed E-state index contributed by atoms with van der Waals surface area (Å²) in [5, 5.41) is 0. The number of rotatable bonds is 10. The molecule has 0 N–H and O–H groups in total. The van der Waals surface area contributed by atoms with Crippen molar-refractivity contribution < 1.29 is 9.59 Å². The standard InChI is InChI=1S/C14H26O2/c1-4-6-7-9-13(12(3)15)10-8-11-14(16)5-2/h13H,4-11H2,1-3H3/t13-/m1/s1. The highest BCUT2D eigenvalue weighted by Crippen LogP contribution is 2.18. The third-order valence-corrected chi connectivity index (χ3v) is 3.13. The van der Waals surface area contributed by atoms with Crippen LogP contribution in [0.1, 0.15) is 72.1 Å². The predicted octanol–water partition coefficient (Wildman–Crippen LogP) is 3.92. The number of hydrogen-bond acceptors (Lipinski definition) is 2. The van der Waals surface area contributed by atoms with E-state index < -0.39 is 0 Å². The molecule has 0 aliphatic carbocycles. The van der Waals surface area contributed by atoms with Crippen LogP contribution in [-0.4, -0.2) is 11.6 Å². The molecule has 0 rings (SSSR count). The smallest absolute Gasteiger partial charge is 0.132 e. The fraction of sp³-hybridized carbons (Fsp3) is 0.857. The lowest BCUT2D eigenvalue weighted by molar-refractivity contribution is -0.122. The fourth-order valence-corrected chi connectivity index (χ4v) is 1.91. The molecule has 0 saturated heterocycles. The zero-order valence-electron chi connectivity index (χ0n) is 11.1. The Bertz CT molecular complexity index is 209. The zero-order chi connectivity index (χ0) is 12.4. The molecule has 2 nitrogen and oxygen atoms in total. The first-order valence-electron chi connectivity index (χ1n) is 6.63. The van der Waals surface area contributed by atoms with E-state index in [2.05, 4.69) is 6.92 Å². The lowest BCUT2D eigenvalue weighted by Crippen LogP contribution is -2.11. The van der Waals surface area contributed by atoms with Crippen LogP contribution < -0.4 is 0 Å². The van der Waals surface area contributed by atoms with Crippen molar-refractivity contribution in [1.29, 1.82) is 0 Å². The Morgan fingerprint density at radius 3 is 2.12 bits per heavy atom. The van der Waals surface area contributed by atoms with Gasteiger partial charge < -0.3 is 0 Å². The second-order valence-corrected chi connectivity index (χ2v) is 4.59. The van der Waals surface area contributed by atoms with E-state index in [0.717, 1.165) is 25.7 Å². The van der Waals surface area contributed by atoms with E-state index >= 15 is 0 Å². The Morgan fingerprint density at radius 1 is 1.00 bits per heavy atom. The van der Waals surface area contributed by atoms with Gasteiger partial charge in [-0.3, -0.25) is 9.59 Å². The van der Waals surface area contributed by atoms with Gasteiger partial charge >= 0.3 is 0 Å². The lowest BCUT2D eigenvalue weighted by Gasteiger charge is -2.12. The minimum absolute atomic E-state index is 0.191. The molecule has 0 aromatic rings. The van der Waals surface area contributed by atoms with Gasteiger partial charge in [-0.1, -0.05) is 33.1 Å². The molecule has 0 amide bonds. The molecule has 0 radical (unpaired) electrons. The van der Waals surface area contributed by atoms with Crippen LogP contribution in [0.4, 0.5) is 0 Å². The molecule has 0 unspecified atom stereocenters. The van der Waals surface area contributed by atoms with Crippen molar-refractivity contribution in [3.05, 3.63) is 0 Å². The van der Waals surface area contributed by atoms with Gasteiger partial charge in [-0.15, -0.1) is 0 Å². The largest absolute Gasteiger partial charge is 0.300 e. The molecule has 2 heteroatoms. The van der Waals surface area contributed by atoms with Crippen molar-refractivity contribution in [2.75, 3.05) is 0 Å². The van der Waals surface area contributed by atoms with E-state index in [0.29, 0.717) is 24.4 Å². The van der Waals surface area contributed by atoms with Gasteiger partial charge in [0.2, 0.25) is 0 Å². The molecule has 0 aromatic heterocycles. The molecular weight excluding hydrogens is 200 g/mol. The maximum atomic E-state index is 11.4. The van der Waals surface area contributed by atoms with Gasteiger partial charge in [0, 0.05) is 18.8 Å². The van der Waals surface area contributed by atoms with Gasteiger partial charge in [0.05, 0.1) is 0 Å². The van der Waals surface area contributed by atoms with E-state index in [1.165, 1.54) is 12.8 Å². The monoisotopic (exact) mass is 226 g/mol. The first-order chi connectivity index (χ1) is 7.61. The average Bonchev–Trinajstić information content (AvgIpc) is 2.26. The highest BCUT2D eigenvalue weighted by Gasteiger charge is 2.13. The van der Waals surface area contributed by atoms with E-state index in [1.807, 2.05) is 6.92 Å². The van der Waals surface area contributed by atoms with Crippen LogP contribution in [0.3, 0.4) is 0 Å². The summed E-state index contributed by atoms with van der Waals surface area (Å²) in [5.41, 5.74) is 0. The first kappa shape index (κ1) is 15.3. The molecule has 94 valence electrons. The van der Waals surface area contributed by atoms with Crippen LogP contribution in [0, 0.1) is 5.92 Å². The molecule has 0 saturated carbocycles. The summed E-state index contributed by atoms with van der Waals surface area (Å²) in [5.74, 6) is 0.798. The van der Waals surface area contributed by atoms with Crippen molar-refractivity contribution in [3.8, 4) is 0 Å². The Hall–Kier alpha value is -0.660. The van der Waals surface area contributed by atoms with Crippen molar-refractivity contribution >= 4 is 11.6 Å². The number of carbonyl (C=O) groups excluding carboxylic acids is 2. The van der Waals surface area contributed by atoms with Gasteiger partial charge in [0.25, 0.3) is 0 Å². The fourth-order valence-electron chi connectivity index (χ4n) is 1.91. The third-order valence-electron chi connectivity index (χ3n) is 3.13. The Labute approximate surface area is 99.8 Å². The van der Waals surface area contributed by atoms with E-state index in [9.17, 15) is 9.59 Å². The van der Waals surface area contributed by atoms with Gasteiger partial charge in [0.1, 0.15) is 11.6 Å². The Balaban J connectivity index is 3.76. The molecule has 0 aliphatic heterocycles. The van der Waals surface area contributed by atoms with Gasteiger partial charge in [0.15, 0.2) is 0 Å². The summed E-state index contributed by atoms with van der Waals surface area (Å²) < 4.78 is 0. The summed E-state index contributed by atoms with van der Waals surface area (Å²) in [6, 6.07) is 0. The van der Waals surface area contributed by atoms with Gasteiger partial charge in [-0.2, -0.15) is 0 Å². The third kappa shape index (κ3) is 7.61. The van der Waals surface area contributed by atoms with E-state index in [4.69, 9.17) is 0 Å². The summed E-state index contributed by atoms with van der Waals surface area (Å²) in [7, 11) is 0. The summed E-state index contributed by atoms with van der Waals surface area (Å²) in [6.45, 7) is 5.74. The molecule has 16 heavy (non-hydrogen) atoms. The van der Waals surface area contributed by atoms with Crippen LogP contribution in [0.5, 0.6) is 0 Å². The summed E-state index contributed by atoms with van der Waals surface area (Å²) >= 11 is 0. The van der Waals surface area contributed by atoms with E-state index in [-0.39, 0.29) is 5.92 Å². The molecule has 0 aromatic carbocycles. The lowest BCUT2D eigenvalue weighted by atomic mass is 9.91. The topological polar surface area (TPSA) is 34.1 Å². The minimum Gasteiger partial charge on any atom is -0.300 e. The number of hydrogen-bond donors (Lipinski definition) is 0. The molecule has 0 spiro atoms. The number of unbranched alkanes of at least 4 members (excludes halogenated alkanes) is 2. The van der Waals surface area contributed by atoms with Crippen LogP contribution in [0.2, 0.25) is 0 Å². The predicted molar refractivity (Wildman–Crippen MR) is 67.5 cm³/mol. The highest BCUT2D eigenvalue weighted by molar-refractivity contribution is 5.79. The van der Waals surface area contributed by atoms with Crippen LogP contribution in [0.15, 0.2) is 0 Å². The molecule has 0 bridgehead atoms. The van der Waals surface area contributed by atoms with Crippen LogP contribution in [0.25, 0.3) is 0 Å². The summed E-state index contributed by atoms with van der Waals surface area (Å²) in [4.78, 5) is 22.5. The SMILES string of the molecule is CCCCC[C@H](CCCC(=O)CC)C(C)=O. The van der Waals surface area contributed by atoms with Gasteiger partial charge in [-0.25, -0.2) is 0 Å². The number of ketones is 2. The van der Waals surface area contributed by atoms with Gasteiger partial charge in [-0.05, 0) is 26.2 Å².